The van der Waals surface area contributed by atoms with Gasteiger partial charge < -0.3 is 10.4 Å². The molecule has 104 valence electrons. The third-order valence-electron chi connectivity index (χ3n) is 3.73. The van der Waals surface area contributed by atoms with Crippen LogP contribution in [0.5, 0.6) is 5.75 Å². The number of likely N-dealkylation sites (tertiary alicyclic amines) is 1. The van der Waals surface area contributed by atoms with Gasteiger partial charge in [-0.2, -0.15) is 0 Å². The lowest BCUT2D eigenvalue weighted by atomic mass is 10.0. The summed E-state index contributed by atoms with van der Waals surface area (Å²) in [5.74, 6) is 0.348. The molecule has 1 fully saturated rings. The Morgan fingerprint density at radius 3 is 2.74 bits per heavy atom. The summed E-state index contributed by atoms with van der Waals surface area (Å²) >= 11 is 0. The number of carbonyl (C=O) groups is 1. The third kappa shape index (κ3) is 3.47. The molecule has 0 bridgehead atoms. The van der Waals surface area contributed by atoms with Crippen LogP contribution in [0.1, 0.15) is 38.3 Å². The molecule has 0 spiro atoms. The number of aromatic hydroxyl groups is 1. The summed E-state index contributed by atoms with van der Waals surface area (Å²) in [5, 5.41) is 12.3. The van der Waals surface area contributed by atoms with E-state index < -0.39 is 0 Å². The fourth-order valence-electron chi connectivity index (χ4n) is 2.88. The number of phenols is 1. The molecule has 2 unspecified atom stereocenters. The van der Waals surface area contributed by atoms with Gasteiger partial charge in [-0.15, -0.1) is 0 Å². The Balaban J connectivity index is 2.03. The predicted molar refractivity (Wildman–Crippen MR) is 74.9 cm³/mol. The van der Waals surface area contributed by atoms with Crippen LogP contribution in [0.25, 0.3) is 0 Å². The lowest BCUT2D eigenvalue weighted by Gasteiger charge is -2.27. The Morgan fingerprint density at radius 1 is 1.47 bits per heavy atom. The molecule has 4 nitrogen and oxygen atoms in total. The average Bonchev–Trinajstić information content (AvgIpc) is 2.80. The quantitative estimate of drug-likeness (QED) is 0.873. The first-order valence-corrected chi connectivity index (χ1v) is 6.90. The smallest absolute Gasteiger partial charge is 0.217 e. The van der Waals surface area contributed by atoms with Crippen molar-refractivity contribution in [1.29, 1.82) is 0 Å². The SMILES string of the molecule is CCC(c1ccc(O)cc1)N1CCC(NC(C)=O)C1. The van der Waals surface area contributed by atoms with Gasteiger partial charge in [0.05, 0.1) is 0 Å². The van der Waals surface area contributed by atoms with Crippen LogP contribution in [0.15, 0.2) is 24.3 Å². The van der Waals surface area contributed by atoms with Crippen LogP contribution < -0.4 is 5.32 Å². The lowest BCUT2D eigenvalue weighted by molar-refractivity contribution is -0.119. The van der Waals surface area contributed by atoms with E-state index >= 15 is 0 Å². The van der Waals surface area contributed by atoms with Gasteiger partial charge in [-0.1, -0.05) is 19.1 Å². The van der Waals surface area contributed by atoms with Gasteiger partial charge in [0, 0.05) is 32.1 Å². The van der Waals surface area contributed by atoms with Crippen LogP contribution in [-0.2, 0) is 4.79 Å². The van der Waals surface area contributed by atoms with Crippen molar-refractivity contribution in [3.63, 3.8) is 0 Å². The molecule has 0 saturated carbocycles. The zero-order valence-electron chi connectivity index (χ0n) is 11.6. The Morgan fingerprint density at radius 2 is 2.16 bits per heavy atom. The number of hydrogen-bond acceptors (Lipinski definition) is 3. The lowest BCUT2D eigenvalue weighted by Crippen LogP contribution is -2.36. The van der Waals surface area contributed by atoms with Gasteiger partial charge >= 0.3 is 0 Å². The van der Waals surface area contributed by atoms with Gasteiger partial charge in [0.15, 0.2) is 0 Å². The van der Waals surface area contributed by atoms with E-state index in [0.29, 0.717) is 11.8 Å². The van der Waals surface area contributed by atoms with Crippen LogP contribution in [0.2, 0.25) is 0 Å². The molecule has 19 heavy (non-hydrogen) atoms. The van der Waals surface area contributed by atoms with Gasteiger partial charge in [0.1, 0.15) is 5.75 Å². The molecular weight excluding hydrogens is 240 g/mol. The van der Waals surface area contributed by atoms with Gasteiger partial charge in [0.2, 0.25) is 5.91 Å². The molecule has 0 aromatic heterocycles. The Bertz CT molecular complexity index is 430. The zero-order valence-corrected chi connectivity index (χ0v) is 11.6. The molecule has 2 N–H and O–H groups in total. The van der Waals surface area contributed by atoms with Crippen molar-refractivity contribution in [3.8, 4) is 5.75 Å². The fraction of sp³-hybridized carbons (Fsp3) is 0.533. The normalized spacial score (nSPS) is 21.3. The summed E-state index contributed by atoms with van der Waals surface area (Å²) in [6, 6.07) is 8.06. The topological polar surface area (TPSA) is 52.6 Å². The number of nitrogens with one attached hydrogen (secondary N) is 1. The Hall–Kier alpha value is -1.55. The van der Waals surface area contributed by atoms with E-state index in [0.717, 1.165) is 25.9 Å². The molecule has 2 atom stereocenters. The van der Waals surface area contributed by atoms with Crippen LogP contribution in [0.3, 0.4) is 0 Å². The van der Waals surface area contributed by atoms with Gasteiger partial charge in [-0.3, -0.25) is 9.69 Å². The minimum atomic E-state index is 0.0459. The highest BCUT2D eigenvalue weighted by molar-refractivity contribution is 5.73. The number of amides is 1. The maximum absolute atomic E-state index is 11.1. The van der Waals surface area contributed by atoms with Gasteiger partial charge in [0.25, 0.3) is 0 Å². The number of hydrogen-bond donors (Lipinski definition) is 2. The van der Waals surface area contributed by atoms with E-state index in [-0.39, 0.29) is 11.9 Å². The zero-order chi connectivity index (χ0) is 13.8. The highest BCUT2D eigenvalue weighted by atomic mass is 16.3. The predicted octanol–water partition coefficient (Wildman–Crippen LogP) is 2.05. The Labute approximate surface area is 114 Å². The van der Waals surface area contributed by atoms with Crippen molar-refractivity contribution in [2.45, 2.75) is 38.8 Å². The van der Waals surface area contributed by atoms with E-state index in [2.05, 4.69) is 17.1 Å². The summed E-state index contributed by atoms with van der Waals surface area (Å²) in [6.07, 6.45) is 2.03. The highest BCUT2D eigenvalue weighted by Gasteiger charge is 2.28. The van der Waals surface area contributed by atoms with Crippen LogP contribution >= 0.6 is 0 Å². The monoisotopic (exact) mass is 262 g/mol. The second-order valence-corrected chi connectivity index (χ2v) is 5.20. The van der Waals surface area contributed by atoms with E-state index in [1.807, 2.05) is 12.1 Å². The molecule has 1 aromatic carbocycles. The third-order valence-corrected chi connectivity index (χ3v) is 3.73. The molecule has 1 aromatic rings. The highest BCUT2D eigenvalue weighted by Crippen LogP contribution is 2.28. The molecule has 1 amide bonds. The van der Waals surface area contributed by atoms with E-state index in [1.165, 1.54) is 5.56 Å². The first-order valence-electron chi connectivity index (χ1n) is 6.90. The largest absolute Gasteiger partial charge is 0.508 e. The van der Waals surface area contributed by atoms with E-state index in [4.69, 9.17) is 0 Å². The van der Waals surface area contributed by atoms with Crippen molar-refractivity contribution in [1.82, 2.24) is 10.2 Å². The average molecular weight is 262 g/mol. The van der Waals surface area contributed by atoms with Gasteiger partial charge in [-0.05, 0) is 30.5 Å². The maximum Gasteiger partial charge on any atom is 0.217 e. The summed E-state index contributed by atoms with van der Waals surface area (Å²) in [4.78, 5) is 13.5. The first-order chi connectivity index (χ1) is 9.10. The van der Waals surface area contributed by atoms with Gasteiger partial charge in [-0.25, -0.2) is 0 Å². The summed E-state index contributed by atoms with van der Waals surface area (Å²) < 4.78 is 0. The number of rotatable bonds is 4. The van der Waals surface area contributed by atoms with Crippen molar-refractivity contribution in [2.75, 3.05) is 13.1 Å². The van der Waals surface area contributed by atoms with Crippen LogP contribution in [0, 0.1) is 0 Å². The first kappa shape index (κ1) is 13.9. The molecular formula is C15H22N2O2. The van der Waals surface area contributed by atoms with Crippen LogP contribution in [-0.4, -0.2) is 35.0 Å². The number of benzene rings is 1. The minimum Gasteiger partial charge on any atom is -0.508 e. The Kier molecular flexibility index (Phi) is 4.43. The minimum absolute atomic E-state index is 0.0459. The molecule has 2 rings (SSSR count). The summed E-state index contributed by atoms with van der Waals surface area (Å²) in [7, 11) is 0. The molecule has 1 aliphatic heterocycles. The van der Waals surface area contributed by atoms with Crippen LogP contribution in [0.4, 0.5) is 0 Å². The molecule has 0 aliphatic carbocycles. The van der Waals surface area contributed by atoms with E-state index in [9.17, 15) is 9.90 Å². The molecule has 1 saturated heterocycles. The fourth-order valence-corrected chi connectivity index (χ4v) is 2.88. The summed E-state index contributed by atoms with van der Waals surface area (Å²) in [6.45, 7) is 5.65. The molecule has 1 aliphatic rings. The molecule has 4 heteroatoms. The number of nitrogens with zero attached hydrogens (tertiary/aromatic N) is 1. The molecule has 0 radical (unpaired) electrons. The number of carbonyl (C=O) groups excluding carboxylic acids is 1. The van der Waals surface area contributed by atoms with Crippen molar-refractivity contribution < 1.29 is 9.90 Å². The second kappa shape index (κ2) is 6.06. The maximum atomic E-state index is 11.1. The summed E-state index contributed by atoms with van der Waals surface area (Å²) in [5.41, 5.74) is 1.23. The van der Waals surface area contributed by atoms with Crippen molar-refractivity contribution in [2.24, 2.45) is 0 Å². The number of phenolic OH excluding ortho intramolecular Hbond substituents is 1. The van der Waals surface area contributed by atoms with Crippen molar-refractivity contribution >= 4 is 5.91 Å². The molecule has 1 heterocycles. The second-order valence-electron chi connectivity index (χ2n) is 5.20. The van der Waals surface area contributed by atoms with Crippen molar-refractivity contribution in [3.05, 3.63) is 29.8 Å². The van der Waals surface area contributed by atoms with E-state index in [1.54, 1.807) is 19.1 Å². The standard InChI is InChI=1S/C15H22N2O2/c1-3-15(12-4-6-14(19)7-5-12)17-9-8-13(10-17)16-11(2)18/h4-7,13,15,19H,3,8-10H2,1-2H3,(H,16,18).